The van der Waals surface area contributed by atoms with Crippen LogP contribution in [0.3, 0.4) is 0 Å². The van der Waals surface area contributed by atoms with Gasteiger partial charge in [0.15, 0.2) is 0 Å². The summed E-state index contributed by atoms with van der Waals surface area (Å²) >= 11 is 0. The van der Waals surface area contributed by atoms with Crippen molar-refractivity contribution >= 4 is 0 Å². The highest BCUT2D eigenvalue weighted by Crippen LogP contribution is 2.10. The molecule has 64 valence electrons. The molecule has 0 aliphatic carbocycles. The summed E-state index contributed by atoms with van der Waals surface area (Å²) in [6.45, 7) is 1.19. The summed E-state index contributed by atoms with van der Waals surface area (Å²) in [5, 5.41) is 3.48. The first kappa shape index (κ1) is 7.74. The molecule has 1 aliphatic rings. The van der Waals surface area contributed by atoms with Crippen LogP contribution in [0.25, 0.3) is 0 Å². The standard InChI is InChI=1S/C10H14N2/c1-3-9(8-11-5-1)7-10-4-2-6-12-10/h1,3,5,8,10,12H,2,4,6-7H2. The van der Waals surface area contributed by atoms with Gasteiger partial charge in [-0.05, 0) is 37.4 Å². The van der Waals surface area contributed by atoms with Crippen molar-refractivity contribution in [1.29, 1.82) is 0 Å². The maximum atomic E-state index is 4.10. The molecule has 1 aromatic rings. The fourth-order valence-corrected chi connectivity index (χ4v) is 1.73. The largest absolute Gasteiger partial charge is 0.314 e. The molecule has 2 heteroatoms. The Balaban J connectivity index is 1.94. The van der Waals surface area contributed by atoms with E-state index in [0.717, 1.165) is 6.42 Å². The van der Waals surface area contributed by atoms with Gasteiger partial charge in [0.05, 0.1) is 0 Å². The highest BCUT2D eigenvalue weighted by atomic mass is 14.9. The summed E-state index contributed by atoms with van der Waals surface area (Å²) < 4.78 is 0. The summed E-state index contributed by atoms with van der Waals surface area (Å²) in [6.07, 6.45) is 7.55. The zero-order valence-electron chi connectivity index (χ0n) is 7.16. The highest BCUT2D eigenvalue weighted by molar-refractivity contribution is 5.10. The van der Waals surface area contributed by atoms with Gasteiger partial charge in [0.1, 0.15) is 0 Å². The molecule has 1 aromatic heterocycles. The Hall–Kier alpha value is -0.890. The molecular weight excluding hydrogens is 148 g/mol. The molecule has 1 N–H and O–H groups in total. The van der Waals surface area contributed by atoms with Gasteiger partial charge < -0.3 is 5.32 Å². The van der Waals surface area contributed by atoms with Crippen molar-refractivity contribution in [3.63, 3.8) is 0 Å². The minimum absolute atomic E-state index is 0.689. The Morgan fingerprint density at radius 3 is 3.25 bits per heavy atom. The summed E-state index contributed by atoms with van der Waals surface area (Å²) in [4.78, 5) is 4.10. The fraction of sp³-hybridized carbons (Fsp3) is 0.500. The van der Waals surface area contributed by atoms with E-state index in [0.29, 0.717) is 6.04 Å². The fourth-order valence-electron chi connectivity index (χ4n) is 1.73. The molecule has 0 bridgehead atoms. The van der Waals surface area contributed by atoms with Gasteiger partial charge in [-0.2, -0.15) is 0 Å². The second kappa shape index (κ2) is 3.68. The Kier molecular flexibility index (Phi) is 2.37. The smallest absolute Gasteiger partial charge is 0.0300 e. The van der Waals surface area contributed by atoms with Crippen molar-refractivity contribution in [2.24, 2.45) is 0 Å². The van der Waals surface area contributed by atoms with Gasteiger partial charge in [-0.15, -0.1) is 0 Å². The zero-order chi connectivity index (χ0) is 8.23. The lowest BCUT2D eigenvalue weighted by atomic mass is 10.1. The van der Waals surface area contributed by atoms with Crippen LogP contribution in [-0.4, -0.2) is 17.6 Å². The van der Waals surface area contributed by atoms with Crippen LogP contribution in [0.5, 0.6) is 0 Å². The van der Waals surface area contributed by atoms with Crippen LogP contribution in [0.2, 0.25) is 0 Å². The third-order valence-corrected chi connectivity index (χ3v) is 2.37. The van der Waals surface area contributed by atoms with Gasteiger partial charge in [0.25, 0.3) is 0 Å². The van der Waals surface area contributed by atoms with E-state index in [2.05, 4.69) is 16.4 Å². The molecule has 0 saturated carbocycles. The van der Waals surface area contributed by atoms with E-state index < -0.39 is 0 Å². The Labute approximate surface area is 73.0 Å². The lowest BCUT2D eigenvalue weighted by Gasteiger charge is -2.08. The van der Waals surface area contributed by atoms with E-state index >= 15 is 0 Å². The molecule has 0 aromatic carbocycles. The lowest BCUT2D eigenvalue weighted by Crippen LogP contribution is -2.23. The molecule has 2 nitrogen and oxygen atoms in total. The van der Waals surface area contributed by atoms with Gasteiger partial charge >= 0.3 is 0 Å². The van der Waals surface area contributed by atoms with E-state index in [4.69, 9.17) is 0 Å². The first-order valence-electron chi connectivity index (χ1n) is 4.57. The van der Waals surface area contributed by atoms with E-state index in [1.54, 1.807) is 0 Å². The van der Waals surface area contributed by atoms with Crippen molar-refractivity contribution in [3.8, 4) is 0 Å². The molecule has 1 atom stereocenters. The van der Waals surface area contributed by atoms with Gasteiger partial charge in [-0.3, -0.25) is 4.98 Å². The number of nitrogens with one attached hydrogen (secondary N) is 1. The molecule has 12 heavy (non-hydrogen) atoms. The summed E-state index contributed by atoms with van der Waals surface area (Å²) in [5.74, 6) is 0. The molecule has 0 radical (unpaired) electrons. The number of hydrogen-bond acceptors (Lipinski definition) is 2. The minimum atomic E-state index is 0.689. The third kappa shape index (κ3) is 1.83. The predicted octanol–water partition coefficient (Wildman–Crippen LogP) is 1.38. The maximum Gasteiger partial charge on any atom is 0.0300 e. The van der Waals surface area contributed by atoms with Gasteiger partial charge in [0.2, 0.25) is 0 Å². The van der Waals surface area contributed by atoms with E-state index in [9.17, 15) is 0 Å². The van der Waals surface area contributed by atoms with Crippen LogP contribution in [0.1, 0.15) is 18.4 Å². The van der Waals surface area contributed by atoms with Crippen molar-refractivity contribution in [1.82, 2.24) is 10.3 Å². The quantitative estimate of drug-likeness (QED) is 0.710. The second-order valence-corrected chi connectivity index (χ2v) is 3.36. The molecule has 1 saturated heterocycles. The van der Waals surface area contributed by atoms with Crippen molar-refractivity contribution < 1.29 is 0 Å². The first-order chi connectivity index (χ1) is 5.95. The predicted molar refractivity (Wildman–Crippen MR) is 49.0 cm³/mol. The third-order valence-electron chi connectivity index (χ3n) is 2.37. The number of hydrogen-bond donors (Lipinski definition) is 1. The number of aromatic nitrogens is 1. The average molecular weight is 162 g/mol. The molecule has 1 unspecified atom stereocenters. The van der Waals surface area contributed by atoms with E-state index in [-0.39, 0.29) is 0 Å². The Morgan fingerprint density at radius 2 is 2.58 bits per heavy atom. The normalized spacial score (nSPS) is 22.8. The van der Waals surface area contributed by atoms with E-state index in [1.807, 2.05) is 18.5 Å². The first-order valence-corrected chi connectivity index (χ1v) is 4.57. The lowest BCUT2D eigenvalue weighted by molar-refractivity contribution is 0.602. The van der Waals surface area contributed by atoms with Crippen LogP contribution in [0, 0.1) is 0 Å². The Bertz CT molecular complexity index is 227. The van der Waals surface area contributed by atoms with Gasteiger partial charge in [0, 0.05) is 18.4 Å². The number of pyridine rings is 1. The van der Waals surface area contributed by atoms with Crippen molar-refractivity contribution in [3.05, 3.63) is 30.1 Å². The highest BCUT2D eigenvalue weighted by Gasteiger charge is 2.13. The maximum absolute atomic E-state index is 4.10. The second-order valence-electron chi connectivity index (χ2n) is 3.36. The molecule has 1 fully saturated rings. The SMILES string of the molecule is c1cncc(CC2CCCN2)c1. The van der Waals surface area contributed by atoms with Crippen LogP contribution < -0.4 is 5.32 Å². The average Bonchev–Trinajstić information content (AvgIpc) is 2.59. The van der Waals surface area contributed by atoms with Crippen LogP contribution in [0.15, 0.2) is 24.5 Å². The van der Waals surface area contributed by atoms with Crippen molar-refractivity contribution in [2.45, 2.75) is 25.3 Å². The minimum Gasteiger partial charge on any atom is -0.314 e. The van der Waals surface area contributed by atoms with Crippen molar-refractivity contribution in [2.75, 3.05) is 6.54 Å². The molecule has 1 aliphatic heterocycles. The monoisotopic (exact) mass is 162 g/mol. The molecule has 2 rings (SSSR count). The van der Waals surface area contributed by atoms with E-state index in [1.165, 1.54) is 24.9 Å². The van der Waals surface area contributed by atoms with Crippen LogP contribution in [0.4, 0.5) is 0 Å². The summed E-state index contributed by atoms with van der Waals surface area (Å²) in [6, 6.07) is 4.84. The van der Waals surface area contributed by atoms with Crippen LogP contribution in [-0.2, 0) is 6.42 Å². The number of nitrogens with zero attached hydrogens (tertiary/aromatic N) is 1. The summed E-state index contributed by atoms with van der Waals surface area (Å²) in [5.41, 5.74) is 1.34. The van der Waals surface area contributed by atoms with Gasteiger partial charge in [-0.25, -0.2) is 0 Å². The molecular formula is C10H14N2. The molecule has 0 amide bonds. The molecule has 0 spiro atoms. The summed E-state index contributed by atoms with van der Waals surface area (Å²) in [7, 11) is 0. The van der Waals surface area contributed by atoms with Crippen LogP contribution >= 0.6 is 0 Å². The zero-order valence-corrected chi connectivity index (χ0v) is 7.16. The van der Waals surface area contributed by atoms with Gasteiger partial charge in [-0.1, -0.05) is 6.07 Å². The number of rotatable bonds is 2. The Morgan fingerprint density at radius 1 is 1.58 bits per heavy atom. The molecule has 2 heterocycles. The topological polar surface area (TPSA) is 24.9 Å².